The summed E-state index contributed by atoms with van der Waals surface area (Å²) in [6.07, 6.45) is 2.26. The van der Waals surface area contributed by atoms with E-state index in [4.69, 9.17) is 0 Å². The first-order valence-electron chi connectivity index (χ1n) is 10.9. The third-order valence-electron chi connectivity index (χ3n) is 6.60. The first kappa shape index (κ1) is 21.3. The molecule has 4 rings (SSSR count). The van der Waals surface area contributed by atoms with Crippen molar-refractivity contribution in [3.8, 4) is 0 Å². The average Bonchev–Trinajstić information content (AvgIpc) is 3.44. The number of hydrogen-bond donors (Lipinski definition) is 1. The van der Waals surface area contributed by atoms with E-state index in [1.54, 1.807) is 6.92 Å². The normalized spacial score (nSPS) is 21.5. The molecule has 164 valence electrons. The molecule has 1 aliphatic carbocycles. The van der Waals surface area contributed by atoms with Crippen LogP contribution in [-0.4, -0.2) is 33.7 Å². The second kappa shape index (κ2) is 7.08. The highest BCUT2D eigenvalue weighted by molar-refractivity contribution is 6.11. The fraction of sp³-hybridized carbons (Fsp3) is 0.480. The molecule has 6 heteroatoms. The van der Waals surface area contributed by atoms with Crippen LogP contribution in [0.4, 0.5) is 4.79 Å². The van der Waals surface area contributed by atoms with Crippen molar-refractivity contribution in [3.63, 3.8) is 0 Å². The molecule has 3 amide bonds. The van der Waals surface area contributed by atoms with Gasteiger partial charge >= 0.3 is 6.03 Å². The van der Waals surface area contributed by atoms with E-state index in [0.717, 1.165) is 34.7 Å². The Morgan fingerprint density at radius 3 is 2.29 bits per heavy atom. The number of rotatable bonds is 5. The topological polar surface area (TPSA) is 71.4 Å². The third kappa shape index (κ3) is 3.58. The van der Waals surface area contributed by atoms with Crippen LogP contribution in [-0.2, 0) is 15.7 Å². The lowest BCUT2D eigenvalue weighted by molar-refractivity contribution is -0.130. The van der Waals surface area contributed by atoms with Gasteiger partial charge in [-0.25, -0.2) is 4.79 Å². The first-order chi connectivity index (χ1) is 14.4. The lowest BCUT2D eigenvalue weighted by atomic mass is 9.84. The van der Waals surface area contributed by atoms with Gasteiger partial charge in [-0.15, -0.1) is 0 Å². The zero-order valence-electron chi connectivity index (χ0n) is 19.2. The smallest absolute Gasteiger partial charge is 0.325 e. The van der Waals surface area contributed by atoms with E-state index in [1.165, 1.54) is 0 Å². The summed E-state index contributed by atoms with van der Waals surface area (Å²) in [5.74, 6) is -0.610. The number of Topliss-reactive ketones (excluding diaryl/α,β-unsaturated/α-hetero) is 1. The summed E-state index contributed by atoms with van der Waals surface area (Å²) >= 11 is 0. The Kier molecular flexibility index (Phi) is 4.87. The summed E-state index contributed by atoms with van der Waals surface area (Å²) < 4.78 is 2.19. The van der Waals surface area contributed by atoms with Gasteiger partial charge in [-0.05, 0) is 56.2 Å². The number of aryl methyl sites for hydroxylation is 1. The molecule has 1 N–H and O–H groups in total. The van der Waals surface area contributed by atoms with Crippen LogP contribution in [0.25, 0.3) is 0 Å². The van der Waals surface area contributed by atoms with Crippen molar-refractivity contribution in [1.82, 2.24) is 14.8 Å². The van der Waals surface area contributed by atoms with Crippen molar-refractivity contribution < 1.29 is 14.4 Å². The SMILES string of the molecule is Cc1cc(C(=O)CN2C(=O)NC(C)(c3ccc(C(C)(C)C)cc3)C2=O)c(C)n1C1CC1. The van der Waals surface area contributed by atoms with Crippen molar-refractivity contribution in [3.05, 3.63) is 58.4 Å². The minimum Gasteiger partial charge on any atom is -0.345 e. The maximum absolute atomic E-state index is 13.2. The van der Waals surface area contributed by atoms with Crippen LogP contribution in [0.15, 0.2) is 30.3 Å². The van der Waals surface area contributed by atoms with Crippen molar-refractivity contribution >= 4 is 17.7 Å². The number of amides is 3. The summed E-state index contributed by atoms with van der Waals surface area (Å²) in [5, 5.41) is 2.80. The molecule has 2 heterocycles. The van der Waals surface area contributed by atoms with E-state index < -0.39 is 17.5 Å². The van der Waals surface area contributed by atoms with Gasteiger partial charge in [0.25, 0.3) is 5.91 Å². The van der Waals surface area contributed by atoms with Gasteiger partial charge in [-0.2, -0.15) is 0 Å². The monoisotopic (exact) mass is 421 g/mol. The molecule has 31 heavy (non-hydrogen) atoms. The number of imide groups is 1. The molecule has 1 aromatic heterocycles. The number of carbonyl (C=O) groups is 3. The molecule has 0 spiro atoms. The predicted octanol–water partition coefficient (Wildman–Crippen LogP) is 4.39. The lowest BCUT2D eigenvalue weighted by Crippen LogP contribution is -2.41. The van der Waals surface area contributed by atoms with Gasteiger partial charge in [0.2, 0.25) is 0 Å². The van der Waals surface area contributed by atoms with Crippen molar-refractivity contribution in [2.75, 3.05) is 6.54 Å². The van der Waals surface area contributed by atoms with Crippen molar-refractivity contribution in [2.45, 2.75) is 71.4 Å². The Bertz CT molecular complexity index is 1070. The van der Waals surface area contributed by atoms with Gasteiger partial charge in [0.15, 0.2) is 5.78 Å². The zero-order valence-corrected chi connectivity index (χ0v) is 19.2. The Hall–Kier alpha value is -2.89. The number of urea groups is 1. The van der Waals surface area contributed by atoms with Crippen LogP contribution in [0.1, 0.15) is 79.5 Å². The van der Waals surface area contributed by atoms with E-state index in [9.17, 15) is 14.4 Å². The summed E-state index contributed by atoms with van der Waals surface area (Å²) in [6.45, 7) is 11.7. The largest absolute Gasteiger partial charge is 0.345 e. The molecule has 1 unspecified atom stereocenters. The van der Waals surface area contributed by atoms with E-state index in [2.05, 4.69) is 30.7 Å². The number of benzene rings is 1. The molecular weight excluding hydrogens is 390 g/mol. The van der Waals surface area contributed by atoms with Gasteiger partial charge < -0.3 is 9.88 Å². The maximum atomic E-state index is 13.2. The fourth-order valence-corrected chi connectivity index (χ4v) is 4.52. The predicted molar refractivity (Wildman–Crippen MR) is 119 cm³/mol. The lowest BCUT2D eigenvalue weighted by Gasteiger charge is -2.24. The van der Waals surface area contributed by atoms with Crippen LogP contribution >= 0.6 is 0 Å². The number of ketones is 1. The molecule has 2 aromatic rings. The molecule has 2 fully saturated rings. The molecule has 6 nitrogen and oxygen atoms in total. The van der Waals surface area contributed by atoms with Gasteiger partial charge in [-0.3, -0.25) is 14.5 Å². The van der Waals surface area contributed by atoms with Gasteiger partial charge in [0, 0.05) is 23.0 Å². The highest BCUT2D eigenvalue weighted by Gasteiger charge is 2.49. The second-order valence-electron chi connectivity index (χ2n) is 10.1. The van der Waals surface area contributed by atoms with Gasteiger partial charge in [0.05, 0.1) is 6.54 Å². The molecule has 0 bridgehead atoms. The Labute approximate surface area is 183 Å². The summed E-state index contributed by atoms with van der Waals surface area (Å²) in [6, 6.07) is 9.55. The van der Waals surface area contributed by atoms with Crippen LogP contribution in [0.3, 0.4) is 0 Å². The molecule has 1 aromatic carbocycles. The highest BCUT2D eigenvalue weighted by atomic mass is 16.2. The fourth-order valence-electron chi connectivity index (χ4n) is 4.52. The van der Waals surface area contributed by atoms with Gasteiger partial charge in [0.1, 0.15) is 5.54 Å². The molecular formula is C25H31N3O3. The zero-order chi connectivity index (χ0) is 22.7. The number of hydrogen-bond acceptors (Lipinski definition) is 3. The quantitative estimate of drug-likeness (QED) is 0.575. The number of nitrogens with one attached hydrogen (secondary N) is 1. The molecule has 2 aliphatic rings. The molecule has 1 saturated carbocycles. The van der Waals surface area contributed by atoms with Gasteiger partial charge in [-0.1, -0.05) is 45.0 Å². The Morgan fingerprint density at radius 1 is 1.13 bits per heavy atom. The van der Waals surface area contributed by atoms with Crippen LogP contribution in [0.5, 0.6) is 0 Å². The van der Waals surface area contributed by atoms with Crippen molar-refractivity contribution in [2.24, 2.45) is 0 Å². The van der Waals surface area contributed by atoms with Crippen LogP contribution in [0, 0.1) is 13.8 Å². The van der Waals surface area contributed by atoms with E-state index in [0.29, 0.717) is 17.2 Å². The third-order valence-corrected chi connectivity index (χ3v) is 6.60. The molecule has 1 aliphatic heterocycles. The summed E-state index contributed by atoms with van der Waals surface area (Å²) in [4.78, 5) is 40.0. The Balaban J connectivity index is 1.56. The number of nitrogens with zero attached hydrogens (tertiary/aromatic N) is 2. The summed E-state index contributed by atoms with van der Waals surface area (Å²) in [5.41, 5.74) is 3.22. The van der Waals surface area contributed by atoms with E-state index in [-0.39, 0.29) is 17.7 Å². The molecule has 1 saturated heterocycles. The van der Waals surface area contributed by atoms with Crippen molar-refractivity contribution in [1.29, 1.82) is 0 Å². The summed E-state index contributed by atoms with van der Waals surface area (Å²) in [7, 11) is 0. The minimum absolute atomic E-state index is 0.00626. The Morgan fingerprint density at radius 2 is 1.74 bits per heavy atom. The standard InChI is InChI=1S/C25H31N3O3/c1-15-13-20(16(2)28(15)19-11-12-19)21(29)14-27-22(30)25(6,26-23(27)31)18-9-7-17(8-10-18)24(3,4)5/h7-10,13,19H,11-12,14H2,1-6H3,(H,26,31). The molecule has 1 atom stereocenters. The molecule has 0 radical (unpaired) electrons. The number of carbonyl (C=O) groups excluding carboxylic acids is 3. The minimum atomic E-state index is -1.18. The average molecular weight is 422 g/mol. The first-order valence-corrected chi connectivity index (χ1v) is 10.9. The number of aromatic nitrogens is 1. The maximum Gasteiger partial charge on any atom is 0.325 e. The van der Waals surface area contributed by atoms with Crippen LogP contribution < -0.4 is 5.32 Å². The highest BCUT2D eigenvalue weighted by Crippen LogP contribution is 2.38. The van der Waals surface area contributed by atoms with E-state index >= 15 is 0 Å². The van der Waals surface area contributed by atoms with E-state index in [1.807, 2.05) is 44.2 Å². The van der Waals surface area contributed by atoms with Crippen LogP contribution in [0.2, 0.25) is 0 Å². The second-order valence-corrected chi connectivity index (χ2v) is 10.1.